The molecule has 120 valence electrons. The summed E-state index contributed by atoms with van der Waals surface area (Å²) in [6.45, 7) is 0.596. The van der Waals surface area contributed by atoms with E-state index in [0.29, 0.717) is 17.9 Å². The van der Waals surface area contributed by atoms with Crippen LogP contribution in [0.3, 0.4) is 0 Å². The normalized spacial score (nSPS) is 27.0. The van der Waals surface area contributed by atoms with Gasteiger partial charge in [-0.05, 0) is 33.4 Å². The Labute approximate surface area is 135 Å². The highest BCUT2D eigenvalue weighted by molar-refractivity contribution is 5.88. The molecule has 0 unspecified atom stereocenters. The lowest BCUT2D eigenvalue weighted by Gasteiger charge is -2.48. The number of hydrogen-bond acceptors (Lipinski definition) is 5. The van der Waals surface area contributed by atoms with Crippen LogP contribution in [0.2, 0.25) is 0 Å². The first kappa shape index (κ1) is 14.5. The van der Waals surface area contributed by atoms with E-state index in [1.807, 2.05) is 19.0 Å². The number of fused-ring (bicyclic) bond motifs is 4. The number of aromatic nitrogens is 1. The Morgan fingerprint density at radius 1 is 1.48 bits per heavy atom. The fraction of sp³-hybridized carbons (Fsp3) is 0.588. The average molecular weight is 312 g/mol. The van der Waals surface area contributed by atoms with Crippen molar-refractivity contribution in [3.05, 3.63) is 23.5 Å². The number of carbonyl (C=O) groups is 1. The second-order valence-electron chi connectivity index (χ2n) is 6.95. The summed E-state index contributed by atoms with van der Waals surface area (Å²) in [6.07, 6.45) is 6.96. The van der Waals surface area contributed by atoms with Gasteiger partial charge in [-0.15, -0.1) is 0 Å². The number of carbonyl (C=O) groups excluding carboxylic acids is 1. The van der Waals surface area contributed by atoms with Gasteiger partial charge in [0.2, 0.25) is 5.91 Å². The summed E-state index contributed by atoms with van der Waals surface area (Å²) < 4.78 is 5.98. The summed E-state index contributed by atoms with van der Waals surface area (Å²) in [5.41, 5.74) is 0.967. The van der Waals surface area contributed by atoms with Gasteiger partial charge < -0.3 is 9.64 Å². The molecule has 0 aromatic carbocycles. The van der Waals surface area contributed by atoms with Crippen LogP contribution in [0, 0.1) is 11.3 Å². The molecule has 0 spiro atoms. The molecule has 1 aromatic rings. The molecule has 1 saturated heterocycles. The molecule has 3 heterocycles. The highest BCUT2D eigenvalue weighted by Crippen LogP contribution is 2.47. The van der Waals surface area contributed by atoms with Crippen molar-refractivity contribution < 1.29 is 9.53 Å². The highest BCUT2D eigenvalue weighted by atomic mass is 16.5. The lowest BCUT2D eigenvalue weighted by atomic mass is 9.74. The zero-order valence-corrected chi connectivity index (χ0v) is 13.5. The van der Waals surface area contributed by atoms with Crippen molar-refractivity contribution in [2.45, 2.75) is 43.4 Å². The van der Waals surface area contributed by atoms with E-state index in [1.54, 1.807) is 6.20 Å². The molecular formula is C17H20N4O2. The minimum atomic E-state index is -0.363. The Kier molecular flexibility index (Phi) is 3.10. The third kappa shape index (κ3) is 1.89. The Bertz CT molecular complexity index is 705. The first-order valence-electron chi connectivity index (χ1n) is 8.10. The summed E-state index contributed by atoms with van der Waals surface area (Å²) in [4.78, 5) is 21.4. The van der Waals surface area contributed by atoms with Gasteiger partial charge in [-0.1, -0.05) is 0 Å². The van der Waals surface area contributed by atoms with Gasteiger partial charge >= 0.3 is 0 Å². The lowest BCUT2D eigenvalue weighted by Crippen LogP contribution is -2.61. The van der Waals surface area contributed by atoms with Crippen LogP contribution in [0.1, 0.15) is 42.9 Å². The van der Waals surface area contributed by atoms with E-state index in [4.69, 9.17) is 4.74 Å². The molecule has 6 nitrogen and oxygen atoms in total. The van der Waals surface area contributed by atoms with E-state index < -0.39 is 0 Å². The largest absolute Gasteiger partial charge is 0.487 e. The average Bonchev–Trinajstić information content (AvgIpc) is 2.83. The van der Waals surface area contributed by atoms with E-state index in [2.05, 4.69) is 16.0 Å². The Morgan fingerprint density at radius 3 is 2.87 bits per heavy atom. The molecule has 2 fully saturated rings. The van der Waals surface area contributed by atoms with Crippen molar-refractivity contribution in [3.8, 4) is 11.8 Å². The van der Waals surface area contributed by atoms with Crippen LogP contribution in [0.15, 0.2) is 12.4 Å². The zero-order chi connectivity index (χ0) is 16.2. The fourth-order valence-electron chi connectivity index (χ4n) is 4.11. The van der Waals surface area contributed by atoms with Crippen LogP contribution in [0.5, 0.6) is 5.75 Å². The second-order valence-corrected chi connectivity index (χ2v) is 6.95. The minimum Gasteiger partial charge on any atom is -0.487 e. The summed E-state index contributed by atoms with van der Waals surface area (Å²) in [6, 6.07) is 2.12. The van der Waals surface area contributed by atoms with E-state index >= 15 is 0 Å². The molecule has 1 saturated carbocycles. The van der Waals surface area contributed by atoms with Gasteiger partial charge in [0.25, 0.3) is 0 Å². The van der Waals surface area contributed by atoms with E-state index in [0.717, 1.165) is 31.2 Å². The van der Waals surface area contributed by atoms with Crippen molar-refractivity contribution in [1.82, 2.24) is 14.8 Å². The van der Waals surface area contributed by atoms with Crippen molar-refractivity contribution in [2.75, 3.05) is 20.6 Å². The van der Waals surface area contributed by atoms with Crippen molar-refractivity contribution in [3.63, 3.8) is 0 Å². The molecule has 2 atom stereocenters. The predicted molar refractivity (Wildman–Crippen MR) is 82.7 cm³/mol. The van der Waals surface area contributed by atoms with Gasteiger partial charge in [0.15, 0.2) is 0 Å². The topological polar surface area (TPSA) is 69.5 Å². The molecule has 1 aromatic heterocycles. The van der Waals surface area contributed by atoms with Gasteiger partial charge in [0.1, 0.15) is 29.0 Å². The van der Waals surface area contributed by atoms with Crippen LogP contribution < -0.4 is 4.74 Å². The summed E-state index contributed by atoms with van der Waals surface area (Å²) >= 11 is 0. The Balaban J connectivity index is 1.71. The van der Waals surface area contributed by atoms with Gasteiger partial charge in [-0.3, -0.25) is 14.7 Å². The number of pyridine rings is 1. The molecule has 4 rings (SSSR count). The molecule has 6 heteroatoms. The molecule has 2 bridgehead atoms. The van der Waals surface area contributed by atoms with Gasteiger partial charge in [-0.25, -0.2) is 0 Å². The summed E-state index contributed by atoms with van der Waals surface area (Å²) in [5.74, 6) is 0.812. The molecule has 23 heavy (non-hydrogen) atoms. The van der Waals surface area contributed by atoms with Crippen LogP contribution in [0.4, 0.5) is 0 Å². The van der Waals surface area contributed by atoms with Crippen LogP contribution in [-0.4, -0.2) is 53.0 Å². The number of nitriles is 1. The number of hydrogen-bond donors (Lipinski definition) is 0. The number of amides is 1. The fourth-order valence-corrected chi connectivity index (χ4v) is 4.11. The van der Waals surface area contributed by atoms with Crippen LogP contribution >= 0.6 is 0 Å². The molecule has 3 aliphatic rings. The van der Waals surface area contributed by atoms with Crippen LogP contribution in [0.25, 0.3) is 0 Å². The standard InChI is InChI=1S/C17H20N4O2/c1-20(2)17(4-3-5-17)16(22)21-10-12-6-14(21)13-9-19-8-11(7-18)15(13)23-12/h8-9,12,14H,3-6,10H2,1-2H3/t12-,14-/m0/s1. The first-order chi connectivity index (χ1) is 11.1. The third-order valence-electron chi connectivity index (χ3n) is 5.65. The SMILES string of the molecule is CN(C)C1(C(=O)N2C[C@@H]3C[C@H]2c2cncc(C#N)c2O3)CCC1. The first-order valence-corrected chi connectivity index (χ1v) is 8.10. The second kappa shape index (κ2) is 4.93. The lowest BCUT2D eigenvalue weighted by molar-refractivity contribution is -0.150. The van der Waals surface area contributed by atoms with Gasteiger partial charge in [0, 0.05) is 24.4 Å². The van der Waals surface area contributed by atoms with Crippen molar-refractivity contribution in [1.29, 1.82) is 5.26 Å². The quantitative estimate of drug-likeness (QED) is 0.827. The van der Waals surface area contributed by atoms with Crippen molar-refractivity contribution >= 4 is 5.91 Å². The van der Waals surface area contributed by atoms with Gasteiger partial charge in [0.05, 0.1) is 12.6 Å². The molecule has 0 radical (unpaired) electrons. The minimum absolute atomic E-state index is 0.0190. The summed E-state index contributed by atoms with van der Waals surface area (Å²) in [7, 11) is 3.97. The zero-order valence-electron chi connectivity index (χ0n) is 13.5. The molecule has 1 aliphatic carbocycles. The van der Waals surface area contributed by atoms with E-state index in [-0.39, 0.29) is 23.6 Å². The number of nitrogens with zero attached hydrogens (tertiary/aromatic N) is 4. The number of rotatable bonds is 2. The van der Waals surface area contributed by atoms with Gasteiger partial charge in [-0.2, -0.15) is 5.26 Å². The molecule has 2 aliphatic heterocycles. The maximum Gasteiger partial charge on any atom is 0.243 e. The molecular weight excluding hydrogens is 292 g/mol. The Morgan fingerprint density at radius 2 is 2.26 bits per heavy atom. The number of likely N-dealkylation sites (N-methyl/N-ethyl adjacent to an activating group) is 1. The van der Waals surface area contributed by atoms with E-state index in [9.17, 15) is 10.1 Å². The number of ether oxygens (including phenoxy) is 1. The maximum atomic E-state index is 13.2. The summed E-state index contributed by atoms with van der Waals surface area (Å²) in [5, 5.41) is 9.25. The van der Waals surface area contributed by atoms with Crippen LogP contribution in [-0.2, 0) is 4.79 Å². The van der Waals surface area contributed by atoms with E-state index in [1.165, 1.54) is 6.20 Å². The van der Waals surface area contributed by atoms with Crippen molar-refractivity contribution in [2.24, 2.45) is 0 Å². The maximum absolute atomic E-state index is 13.2. The monoisotopic (exact) mass is 312 g/mol. The smallest absolute Gasteiger partial charge is 0.243 e. The number of likely N-dealkylation sites (tertiary alicyclic amines) is 1. The predicted octanol–water partition coefficient (Wildman–Crippen LogP) is 1.47. The third-order valence-corrected chi connectivity index (χ3v) is 5.65. The molecule has 1 amide bonds. The highest BCUT2D eigenvalue weighted by Gasteiger charge is 2.53. The Hall–Kier alpha value is -2.13. The molecule has 0 N–H and O–H groups in total.